The lowest BCUT2D eigenvalue weighted by atomic mass is 10.1. The summed E-state index contributed by atoms with van der Waals surface area (Å²) < 4.78 is 32.2. The van der Waals surface area contributed by atoms with Crippen LogP contribution >= 0.6 is 0 Å². The zero-order chi connectivity index (χ0) is 33.6. The van der Waals surface area contributed by atoms with Crippen LogP contribution in [0.25, 0.3) is 0 Å². The standard InChI is InChI=1S/C35H35N5O6S/c1-4-30(47(44,45)31-21-15-24(2)16-22-31)23-46-29-19-17-26(18-20-29)32(42)36-33-35(37-25(3)41,38-27-11-7-5-8-12-27)34(43)40(39-33)28-13-9-6-10-14-28/h5-22,30,38H,4,23H2,1-3H3,(H,37,41)(H,36,39,42). The van der Waals surface area contributed by atoms with E-state index in [-0.39, 0.29) is 22.9 Å². The molecule has 4 aromatic carbocycles. The summed E-state index contributed by atoms with van der Waals surface area (Å²) in [6.07, 6.45) is 0.352. The molecule has 0 spiro atoms. The number of carbonyl (C=O) groups is 3. The van der Waals surface area contributed by atoms with Gasteiger partial charge in [0, 0.05) is 18.2 Å². The van der Waals surface area contributed by atoms with Crippen LogP contribution in [-0.2, 0) is 19.4 Å². The van der Waals surface area contributed by atoms with Gasteiger partial charge >= 0.3 is 5.91 Å². The first-order chi connectivity index (χ1) is 22.5. The minimum absolute atomic E-state index is 0.0725. The number of anilines is 2. The number of aryl methyl sites for hydroxylation is 1. The fourth-order valence-electron chi connectivity index (χ4n) is 5.02. The molecule has 4 aromatic rings. The average molecular weight is 654 g/mol. The van der Waals surface area contributed by atoms with Crippen LogP contribution in [-0.4, -0.2) is 49.5 Å². The van der Waals surface area contributed by atoms with E-state index in [1.165, 1.54) is 19.1 Å². The monoisotopic (exact) mass is 653 g/mol. The van der Waals surface area contributed by atoms with Gasteiger partial charge in [0.2, 0.25) is 5.91 Å². The van der Waals surface area contributed by atoms with Crippen molar-refractivity contribution in [2.45, 2.75) is 43.0 Å². The second-order valence-electron chi connectivity index (χ2n) is 11.0. The lowest BCUT2D eigenvalue weighted by molar-refractivity contribution is -0.127. The number of sulfone groups is 1. The number of ether oxygens (including phenoxy) is 1. The molecule has 0 radical (unpaired) electrons. The highest BCUT2D eigenvalue weighted by atomic mass is 32.2. The fourth-order valence-corrected chi connectivity index (χ4v) is 6.61. The third-order valence-electron chi connectivity index (χ3n) is 7.57. The van der Waals surface area contributed by atoms with E-state index < -0.39 is 38.5 Å². The molecular formula is C35H35N5O6S. The number of carbonyl (C=O) groups excluding carboxylic acids is 3. The summed E-state index contributed by atoms with van der Waals surface area (Å²) >= 11 is 0. The average Bonchev–Trinajstić information content (AvgIpc) is 3.31. The predicted molar refractivity (Wildman–Crippen MR) is 180 cm³/mol. The first-order valence-corrected chi connectivity index (χ1v) is 16.5. The molecule has 0 fully saturated rings. The van der Waals surface area contributed by atoms with Gasteiger partial charge in [-0.15, -0.1) is 5.10 Å². The van der Waals surface area contributed by atoms with Gasteiger partial charge in [-0.25, -0.2) is 8.42 Å². The Morgan fingerprint density at radius 3 is 2.11 bits per heavy atom. The van der Waals surface area contributed by atoms with Gasteiger partial charge in [-0.1, -0.05) is 61.0 Å². The molecule has 3 amide bonds. The summed E-state index contributed by atoms with van der Waals surface area (Å²) in [6, 6.07) is 30.2. The fraction of sp³-hybridized carbons (Fsp3) is 0.200. The van der Waals surface area contributed by atoms with Gasteiger partial charge < -0.3 is 20.7 Å². The Labute approximate surface area is 273 Å². The van der Waals surface area contributed by atoms with Gasteiger partial charge in [-0.05, 0) is 74.0 Å². The van der Waals surface area contributed by atoms with Crippen LogP contribution in [0.1, 0.15) is 36.2 Å². The molecule has 0 aliphatic carbocycles. The van der Waals surface area contributed by atoms with Crippen LogP contribution in [0.15, 0.2) is 119 Å². The third kappa shape index (κ3) is 7.17. The summed E-state index contributed by atoms with van der Waals surface area (Å²) in [7, 11) is -3.61. The minimum atomic E-state index is -3.61. The molecule has 11 nitrogen and oxygen atoms in total. The minimum Gasteiger partial charge on any atom is -0.492 e. The third-order valence-corrected chi connectivity index (χ3v) is 9.84. The van der Waals surface area contributed by atoms with Crippen LogP contribution in [0.3, 0.4) is 0 Å². The van der Waals surface area contributed by atoms with Crippen molar-refractivity contribution in [3.63, 3.8) is 0 Å². The highest BCUT2D eigenvalue weighted by molar-refractivity contribution is 7.92. The Kier molecular flexibility index (Phi) is 9.71. The molecule has 2 unspecified atom stereocenters. The molecular weight excluding hydrogens is 618 g/mol. The van der Waals surface area contributed by atoms with Crippen molar-refractivity contribution in [1.82, 2.24) is 10.6 Å². The van der Waals surface area contributed by atoms with E-state index in [1.54, 1.807) is 104 Å². The van der Waals surface area contributed by atoms with Crippen molar-refractivity contribution in [1.29, 1.82) is 0 Å². The Bertz CT molecular complexity index is 1880. The summed E-state index contributed by atoms with van der Waals surface area (Å²) in [5.41, 5.74) is 0.178. The molecule has 47 heavy (non-hydrogen) atoms. The maximum atomic E-state index is 14.0. The SMILES string of the molecule is CCC(COc1ccc(C(=O)NC2=NN(c3ccccc3)C(=O)C2(NC(C)=O)Nc2ccccc2)cc1)S(=O)(=O)c1ccc(C)cc1. The maximum Gasteiger partial charge on any atom is 0.302 e. The van der Waals surface area contributed by atoms with E-state index >= 15 is 0 Å². The molecule has 0 saturated carbocycles. The molecule has 1 aliphatic rings. The Balaban J connectivity index is 1.36. The number of para-hydroxylation sites is 2. The largest absolute Gasteiger partial charge is 0.492 e. The van der Waals surface area contributed by atoms with Crippen LogP contribution in [0, 0.1) is 6.92 Å². The van der Waals surface area contributed by atoms with Crippen LogP contribution in [0.2, 0.25) is 0 Å². The second kappa shape index (κ2) is 13.9. The van der Waals surface area contributed by atoms with Crippen molar-refractivity contribution in [2.75, 3.05) is 16.9 Å². The van der Waals surface area contributed by atoms with Crippen molar-refractivity contribution >= 4 is 44.8 Å². The summed E-state index contributed by atoms with van der Waals surface area (Å²) in [6.45, 7) is 4.87. The summed E-state index contributed by atoms with van der Waals surface area (Å²) in [4.78, 5) is 40.2. The topological polar surface area (TPSA) is 146 Å². The number of hydrogen-bond donors (Lipinski definition) is 3. The van der Waals surface area contributed by atoms with Crippen molar-refractivity contribution in [3.05, 3.63) is 120 Å². The van der Waals surface area contributed by atoms with Gasteiger partial charge in [0.15, 0.2) is 15.7 Å². The van der Waals surface area contributed by atoms with Crippen molar-refractivity contribution < 1.29 is 27.5 Å². The summed E-state index contributed by atoms with van der Waals surface area (Å²) in [5.74, 6) is -1.53. The number of benzene rings is 4. The number of nitrogens with one attached hydrogen (secondary N) is 3. The molecule has 1 aliphatic heterocycles. The lowest BCUT2D eigenvalue weighted by Crippen LogP contribution is -2.67. The first kappa shape index (κ1) is 32.9. The predicted octanol–water partition coefficient (Wildman–Crippen LogP) is 4.66. The lowest BCUT2D eigenvalue weighted by Gasteiger charge is -2.31. The normalized spacial score (nSPS) is 16.6. The Morgan fingerprint density at radius 2 is 1.51 bits per heavy atom. The van der Waals surface area contributed by atoms with E-state index in [4.69, 9.17) is 4.74 Å². The number of nitrogens with zero attached hydrogens (tertiary/aromatic N) is 2. The second-order valence-corrected chi connectivity index (χ2v) is 13.2. The molecule has 1 heterocycles. The van der Waals surface area contributed by atoms with Gasteiger partial charge in [0.25, 0.3) is 11.6 Å². The van der Waals surface area contributed by atoms with Gasteiger partial charge in [0.05, 0.1) is 15.8 Å². The molecule has 3 N–H and O–H groups in total. The molecule has 12 heteroatoms. The molecule has 2 atom stereocenters. The highest BCUT2D eigenvalue weighted by Gasteiger charge is 2.54. The van der Waals surface area contributed by atoms with E-state index in [0.29, 0.717) is 23.5 Å². The van der Waals surface area contributed by atoms with Crippen molar-refractivity contribution in [2.24, 2.45) is 5.10 Å². The van der Waals surface area contributed by atoms with Gasteiger partial charge in [-0.2, -0.15) is 5.01 Å². The van der Waals surface area contributed by atoms with Crippen LogP contribution < -0.4 is 25.7 Å². The molecule has 0 aromatic heterocycles. The smallest absolute Gasteiger partial charge is 0.302 e. The van der Waals surface area contributed by atoms with E-state index in [9.17, 15) is 22.8 Å². The number of rotatable bonds is 11. The van der Waals surface area contributed by atoms with Crippen LogP contribution in [0.5, 0.6) is 5.75 Å². The number of hydrogen-bond acceptors (Lipinski definition) is 8. The van der Waals surface area contributed by atoms with Crippen LogP contribution in [0.4, 0.5) is 11.4 Å². The van der Waals surface area contributed by atoms with Crippen molar-refractivity contribution in [3.8, 4) is 5.75 Å². The first-order valence-electron chi connectivity index (χ1n) is 15.0. The molecule has 242 valence electrons. The summed E-state index contributed by atoms with van der Waals surface area (Å²) in [5, 5.41) is 13.3. The van der Waals surface area contributed by atoms with E-state index in [2.05, 4.69) is 21.1 Å². The Morgan fingerprint density at radius 1 is 0.894 bits per heavy atom. The number of amides is 3. The quantitative estimate of drug-likeness (QED) is 0.200. The molecule has 0 bridgehead atoms. The molecule has 5 rings (SSSR count). The van der Waals surface area contributed by atoms with E-state index in [0.717, 1.165) is 10.6 Å². The van der Waals surface area contributed by atoms with Gasteiger partial charge in [-0.3, -0.25) is 14.4 Å². The highest BCUT2D eigenvalue weighted by Crippen LogP contribution is 2.28. The zero-order valence-electron chi connectivity index (χ0n) is 26.1. The zero-order valence-corrected chi connectivity index (χ0v) is 27.0. The number of hydrazone groups is 1. The van der Waals surface area contributed by atoms with Gasteiger partial charge in [0.1, 0.15) is 12.4 Å². The number of amidine groups is 1. The van der Waals surface area contributed by atoms with E-state index in [1.807, 2.05) is 6.92 Å². The maximum absolute atomic E-state index is 14.0. The Hall–Kier alpha value is -5.49. The molecule has 0 saturated heterocycles.